The van der Waals surface area contributed by atoms with E-state index in [1.165, 1.54) is 16.8 Å². The van der Waals surface area contributed by atoms with Crippen LogP contribution in [0.2, 0.25) is 0 Å². The average molecular weight is 258 g/mol. The molecule has 0 unspecified atom stereocenters. The summed E-state index contributed by atoms with van der Waals surface area (Å²) in [6.45, 7) is 0.389. The lowest BCUT2D eigenvalue weighted by Gasteiger charge is -2.31. The summed E-state index contributed by atoms with van der Waals surface area (Å²) in [6.07, 6.45) is 3.10. The first-order valence-corrected chi connectivity index (χ1v) is 6.65. The molecule has 0 aromatic carbocycles. The van der Waals surface area contributed by atoms with E-state index in [1.54, 1.807) is 0 Å². The number of sulfonamides is 1. The minimum atomic E-state index is -3.57. The van der Waals surface area contributed by atoms with Crippen molar-refractivity contribution in [2.45, 2.75) is 17.9 Å². The normalized spacial score (nSPS) is 19.3. The van der Waals surface area contributed by atoms with Crippen LogP contribution in [0.25, 0.3) is 0 Å². The zero-order valence-electron chi connectivity index (χ0n) is 9.00. The zero-order valence-corrected chi connectivity index (χ0v) is 9.81. The van der Waals surface area contributed by atoms with E-state index in [2.05, 4.69) is 9.97 Å². The van der Waals surface area contributed by atoms with Gasteiger partial charge in [-0.3, -0.25) is 0 Å². The van der Waals surface area contributed by atoms with Crippen molar-refractivity contribution in [1.29, 1.82) is 0 Å². The van der Waals surface area contributed by atoms with Crippen LogP contribution in [-0.4, -0.2) is 41.7 Å². The first kappa shape index (κ1) is 12.1. The molecule has 8 heteroatoms. The number of aromatic amines is 1. The van der Waals surface area contributed by atoms with Gasteiger partial charge in [0.2, 0.25) is 0 Å². The van der Waals surface area contributed by atoms with Crippen LogP contribution in [0.4, 0.5) is 0 Å². The molecule has 0 atom stereocenters. The number of hydrogen-bond donors (Lipinski definition) is 1. The number of aromatic nitrogens is 2. The van der Waals surface area contributed by atoms with Gasteiger partial charge in [-0.25, -0.2) is 13.4 Å². The molecule has 2 heterocycles. The number of carboxylic acids is 1. The summed E-state index contributed by atoms with van der Waals surface area (Å²) in [5, 5.41) is 10.7. The Bertz CT molecular complexity index is 488. The summed E-state index contributed by atoms with van der Waals surface area (Å²) < 4.78 is 25.3. The van der Waals surface area contributed by atoms with Gasteiger partial charge < -0.3 is 14.9 Å². The van der Waals surface area contributed by atoms with Crippen molar-refractivity contribution >= 4 is 16.0 Å². The average Bonchev–Trinajstić information content (AvgIpc) is 2.83. The third-order valence-corrected chi connectivity index (χ3v) is 4.70. The van der Waals surface area contributed by atoms with Crippen molar-refractivity contribution in [3.05, 3.63) is 12.5 Å². The van der Waals surface area contributed by atoms with Crippen LogP contribution in [0.15, 0.2) is 17.6 Å². The smallest absolute Gasteiger partial charge is 0.260 e. The van der Waals surface area contributed by atoms with Gasteiger partial charge in [-0.05, 0) is 12.8 Å². The SMILES string of the molecule is O=C([O-])C1CCN(S(=O)(=O)c2cnc[nH]2)CC1. The lowest BCUT2D eigenvalue weighted by molar-refractivity contribution is -0.312. The van der Waals surface area contributed by atoms with Crippen LogP contribution in [0, 0.1) is 5.92 Å². The maximum absolute atomic E-state index is 12.0. The lowest BCUT2D eigenvalue weighted by Crippen LogP contribution is -2.43. The van der Waals surface area contributed by atoms with Crippen LogP contribution in [0.1, 0.15) is 12.8 Å². The van der Waals surface area contributed by atoms with Gasteiger partial charge >= 0.3 is 0 Å². The van der Waals surface area contributed by atoms with E-state index >= 15 is 0 Å². The Morgan fingerprint density at radius 2 is 2.12 bits per heavy atom. The zero-order chi connectivity index (χ0) is 12.5. The highest BCUT2D eigenvalue weighted by atomic mass is 32.2. The van der Waals surface area contributed by atoms with Crippen molar-refractivity contribution in [3.63, 3.8) is 0 Å². The Morgan fingerprint density at radius 1 is 1.47 bits per heavy atom. The van der Waals surface area contributed by atoms with Crippen molar-refractivity contribution in [2.75, 3.05) is 13.1 Å². The summed E-state index contributed by atoms with van der Waals surface area (Å²) in [6, 6.07) is 0. The molecule has 0 bridgehead atoms. The van der Waals surface area contributed by atoms with Crippen molar-refractivity contribution in [3.8, 4) is 0 Å². The van der Waals surface area contributed by atoms with Crippen LogP contribution in [-0.2, 0) is 14.8 Å². The van der Waals surface area contributed by atoms with E-state index in [-0.39, 0.29) is 31.0 Å². The molecule has 1 aliphatic heterocycles. The Morgan fingerprint density at radius 3 is 2.59 bits per heavy atom. The molecular formula is C9H12N3O4S-. The number of H-pyrrole nitrogens is 1. The largest absolute Gasteiger partial charge is 0.550 e. The van der Waals surface area contributed by atoms with Gasteiger partial charge in [0.25, 0.3) is 10.0 Å². The lowest BCUT2D eigenvalue weighted by atomic mass is 9.99. The van der Waals surface area contributed by atoms with Crippen molar-refractivity contribution in [1.82, 2.24) is 14.3 Å². The van der Waals surface area contributed by atoms with Crippen molar-refractivity contribution in [2.24, 2.45) is 5.92 Å². The number of nitrogens with zero attached hydrogens (tertiary/aromatic N) is 2. The van der Waals surface area contributed by atoms with Gasteiger partial charge in [-0.2, -0.15) is 4.31 Å². The Balaban J connectivity index is 2.09. The van der Waals surface area contributed by atoms with E-state index in [0.717, 1.165) is 0 Å². The second-order valence-corrected chi connectivity index (χ2v) is 5.82. The van der Waals surface area contributed by atoms with Gasteiger partial charge in [0.15, 0.2) is 5.03 Å². The number of nitrogens with one attached hydrogen (secondary N) is 1. The van der Waals surface area contributed by atoms with E-state index in [9.17, 15) is 18.3 Å². The molecule has 1 aromatic rings. The first-order chi connectivity index (χ1) is 8.01. The monoisotopic (exact) mass is 258 g/mol. The summed E-state index contributed by atoms with van der Waals surface area (Å²) in [4.78, 5) is 16.8. The maximum atomic E-state index is 12.0. The second kappa shape index (κ2) is 4.46. The first-order valence-electron chi connectivity index (χ1n) is 5.21. The van der Waals surface area contributed by atoms with Crippen LogP contribution >= 0.6 is 0 Å². The number of carboxylic acid groups (broad SMARTS) is 1. The summed E-state index contributed by atoms with van der Waals surface area (Å²) in [7, 11) is -3.57. The molecule has 1 fully saturated rings. The predicted molar refractivity (Wildman–Crippen MR) is 55.1 cm³/mol. The number of carbonyl (C=O) groups is 1. The molecule has 1 aliphatic rings. The number of piperidine rings is 1. The fourth-order valence-corrected chi connectivity index (χ4v) is 3.22. The van der Waals surface area contributed by atoms with E-state index in [0.29, 0.717) is 0 Å². The molecule has 0 amide bonds. The highest BCUT2D eigenvalue weighted by Crippen LogP contribution is 2.22. The van der Waals surface area contributed by atoms with Gasteiger partial charge in [-0.1, -0.05) is 0 Å². The number of aliphatic carboxylic acids is 1. The van der Waals surface area contributed by atoms with Crippen LogP contribution in [0.5, 0.6) is 0 Å². The minimum absolute atomic E-state index is 0.0319. The van der Waals surface area contributed by atoms with Gasteiger partial charge in [0.1, 0.15) is 0 Å². The molecule has 0 radical (unpaired) electrons. The fourth-order valence-electron chi connectivity index (χ4n) is 1.86. The van der Waals surface area contributed by atoms with E-state index in [4.69, 9.17) is 0 Å². The number of imidazole rings is 1. The Kier molecular flexibility index (Phi) is 3.16. The van der Waals surface area contributed by atoms with Crippen molar-refractivity contribution < 1.29 is 18.3 Å². The number of hydrogen-bond acceptors (Lipinski definition) is 5. The third kappa shape index (κ3) is 2.32. The highest BCUT2D eigenvalue weighted by Gasteiger charge is 2.30. The molecule has 94 valence electrons. The standard InChI is InChI=1S/C9H13N3O4S/c13-9(14)7-1-3-12(4-2-7)17(15,16)8-5-10-6-11-8/h5-7H,1-4H2,(H,10,11)(H,13,14)/p-1. The predicted octanol–water partition coefficient (Wildman–Crippen LogP) is -1.44. The molecule has 0 spiro atoms. The highest BCUT2D eigenvalue weighted by molar-refractivity contribution is 7.89. The summed E-state index contributed by atoms with van der Waals surface area (Å²) in [5.41, 5.74) is 0. The van der Waals surface area contributed by atoms with E-state index in [1.807, 2.05) is 0 Å². The number of carbonyl (C=O) groups excluding carboxylic acids is 1. The van der Waals surface area contributed by atoms with Crippen LogP contribution in [0.3, 0.4) is 0 Å². The molecule has 7 nitrogen and oxygen atoms in total. The maximum Gasteiger partial charge on any atom is 0.260 e. The molecule has 1 N–H and O–H groups in total. The quantitative estimate of drug-likeness (QED) is 0.714. The second-order valence-electron chi connectivity index (χ2n) is 3.91. The Hall–Kier alpha value is -1.41. The molecule has 2 rings (SSSR count). The molecule has 17 heavy (non-hydrogen) atoms. The third-order valence-electron chi connectivity index (χ3n) is 2.88. The summed E-state index contributed by atoms with van der Waals surface area (Å²) >= 11 is 0. The van der Waals surface area contributed by atoms with Gasteiger partial charge in [0, 0.05) is 25.0 Å². The molecular weight excluding hydrogens is 246 g/mol. The Labute approximate surface area is 98.5 Å². The minimum Gasteiger partial charge on any atom is -0.550 e. The van der Waals surface area contributed by atoms with Gasteiger partial charge in [0.05, 0.1) is 12.5 Å². The topological polar surface area (TPSA) is 106 Å². The molecule has 1 saturated heterocycles. The molecule has 0 saturated carbocycles. The van der Waals surface area contributed by atoms with Crippen LogP contribution < -0.4 is 5.11 Å². The van der Waals surface area contributed by atoms with Gasteiger partial charge in [-0.15, -0.1) is 0 Å². The number of rotatable bonds is 3. The fraction of sp³-hybridized carbons (Fsp3) is 0.556. The summed E-state index contributed by atoms with van der Waals surface area (Å²) in [5.74, 6) is -1.66. The van der Waals surface area contributed by atoms with E-state index < -0.39 is 21.9 Å². The molecule has 1 aromatic heterocycles. The molecule has 0 aliphatic carbocycles.